The summed E-state index contributed by atoms with van der Waals surface area (Å²) >= 11 is 3.55. The summed E-state index contributed by atoms with van der Waals surface area (Å²) in [6.07, 6.45) is 4.74. The van der Waals surface area contributed by atoms with Crippen LogP contribution in [0.3, 0.4) is 0 Å². The van der Waals surface area contributed by atoms with E-state index in [1.54, 1.807) is 0 Å². The van der Waals surface area contributed by atoms with Gasteiger partial charge in [0.15, 0.2) is 0 Å². The Morgan fingerprint density at radius 1 is 1.32 bits per heavy atom. The lowest BCUT2D eigenvalue weighted by Crippen LogP contribution is -2.32. The van der Waals surface area contributed by atoms with E-state index in [0.717, 1.165) is 30.2 Å². The number of carbonyl (C=O) groups excluding carboxylic acids is 1. The van der Waals surface area contributed by atoms with Crippen molar-refractivity contribution in [3.63, 3.8) is 0 Å². The van der Waals surface area contributed by atoms with Crippen LogP contribution < -0.4 is 5.73 Å². The zero-order chi connectivity index (χ0) is 13.7. The van der Waals surface area contributed by atoms with E-state index in [9.17, 15) is 4.79 Å². The van der Waals surface area contributed by atoms with Crippen molar-refractivity contribution in [1.29, 1.82) is 0 Å². The minimum absolute atomic E-state index is 0.270. The Balaban J connectivity index is 1.96. The largest absolute Gasteiger partial charge is 0.335 e. The van der Waals surface area contributed by atoms with Crippen molar-refractivity contribution in [2.24, 2.45) is 5.73 Å². The molecule has 0 heterocycles. The van der Waals surface area contributed by atoms with Gasteiger partial charge >= 0.3 is 0 Å². The molecule has 0 aromatic heterocycles. The number of rotatable bonds is 7. The summed E-state index contributed by atoms with van der Waals surface area (Å²) in [5.41, 5.74) is 6.66. The number of hydrogen-bond donors (Lipinski definition) is 1. The minimum atomic E-state index is 0.270. The minimum Gasteiger partial charge on any atom is -0.335 e. The van der Waals surface area contributed by atoms with Crippen LogP contribution in [-0.2, 0) is 11.3 Å². The summed E-state index contributed by atoms with van der Waals surface area (Å²) < 4.78 is 1.08. The smallest absolute Gasteiger partial charge is 0.223 e. The summed E-state index contributed by atoms with van der Waals surface area (Å²) in [5.74, 6) is 0.270. The highest BCUT2D eigenvalue weighted by Gasteiger charge is 2.32. The van der Waals surface area contributed by atoms with E-state index in [0.29, 0.717) is 25.6 Å². The lowest BCUT2D eigenvalue weighted by atomic mass is 10.1. The molecule has 1 aliphatic carbocycles. The van der Waals surface area contributed by atoms with Gasteiger partial charge in [0.05, 0.1) is 0 Å². The van der Waals surface area contributed by atoms with Gasteiger partial charge in [-0.15, -0.1) is 0 Å². The van der Waals surface area contributed by atoms with Gasteiger partial charge in [0.2, 0.25) is 5.91 Å². The van der Waals surface area contributed by atoms with Gasteiger partial charge < -0.3 is 10.6 Å². The SMILES string of the molecule is NCCCCC(=O)N(Cc1ccccc1Br)C1CC1. The van der Waals surface area contributed by atoms with Crippen molar-refractivity contribution in [2.75, 3.05) is 6.54 Å². The molecule has 4 heteroatoms. The van der Waals surface area contributed by atoms with Gasteiger partial charge in [-0.3, -0.25) is 4.79 Å². The summed E-state index contributed by atoms with van der Waals surface area (Å²) in [4.78, 5) is 14.3. The van der Waals surface area contributed by atoms with Crippen molar-refractivity contribution < 1.29 is 4.79 Å². The van der Waals surface area contributed by atoms with E-state index in [1.807, 2.05) is 23.1 Å². The van der Waals surface area contributed by atoms with Crippen LogP contribution in [0.5, 0.6) is 0 Å². The van der Waals surface area contributed by atoms with E-state index in [-0.39, 0.29) is 5.91 Å². The lowest BCUT2D eigenvalue weighted by molar-refractivity contribution is -0.132. The molecular formula is C15H21BrN2O. The molecule has 1 amide bonds. The zero-order valence-corrected chi connectivity index (χ0v) is 12.7. The molecule has 19 heavy (non-hydrogen) atoms. The number of unbranched alkanes of at least 4 members (excludes halogenated alkanes) is 1. The van der Waals surface area contributed by atoms with Gasteiger partial charge in [-0.05, 0) is 43.9 Å². The Bertz CT molecular complexity index is 432. The molecule has 2 N–H and O–H groups in total. The third-order valence-corrected chi connectivity index (χ3v) is 4.22. The van der Waals surface area contributed by atoms with E-state index in [4.69, 9.17) is 5.73 Å². The van der Waals surface area contributed by atoms with Crippen LogP contribution in [0.2, 0.25) is 0 Å². The standard InChI is InChI=1S/C15H21BrN2O/c16-14-6-2-1-5-12(14)11-18(13-8-9-13)15(19)7-3-4-10-17/h1-2,5-6,13H,3-4,7-11,17H2. The number of hydrogen-bond acceptors (Lipinski definition) is 2. The summed E-state index contributed by atoms with van der Waals surface area (Å²) in [5, 5.41) is 0. The fourth-order valence-electron chi connectivity index (χ4n) is 2.18. The van der Waals surface area contributed by atoms with Gasteiger partial charge in [0.1, 0.15) is 0 Å². The molecule has 0 bridgehead atoms. The maximum absolute atomic E-state index is 12.3. The highest BCUT2D eigenvalue weighted by atomic mass is 79.9. The molecule has 0 unspecified atom stereocenters. The summed E-state index contributed by atoms with van der Waals surface area (Å²) in [6.45, 7) is 1.38. The Hall–Kier alpha value is -0.870. The maximum Gasteiger partial charge on any atom is 0.223 e. The normalized spacial score (nSPS) is 14.4. The van der Waals surface area contributed by atoms with Gasteiger partial charge in [-0.1, -0.05) is 34.1 Å². The predicted molar refractivity (Wildman–Crippen MR) is 80.6 cm³/mol. The first kappa shape index (κ1) is 14.5. The molecular weight excluding hydrogens is 304 g/mol. The molecule has 2 rings (SSSR count). The van der Waals surface area contributed by atoms with Crippen molar-refractivity contribution in [1.82, 2.24) is 4.90 Å². The van der Waals surface area contributed by atoms with Crippen LogP contribution in [0, 0.1) is 0 Å². The molecule has 1 aromatic carbocycles. The second-order valence-corrected chi connectivity index (χ2v) is 5.94. The van der Waals surface area contributed by atoms with E-state index >= 15 is 0 Å². The predicted octanol–water partition coefficient (Wildman–Crippen LogP) is 3.07. The van der Waals surface area contributed by atoms with Crippen LogP contribution in [0.4, 0.5) is 0 Å². The quantitative estimate of drug-likeness (QED) is 0.783. The fourth-order valence-corrected chi connectivity index (χ4v) is 2.59. The summed E-state index contributed by atoms with van der Waals surface area (Å²) in [6, 6.07) is 8.58. The van der Waals surface area contributed by atoms with Gasteiger partial charge in [0.25, 0.3) is 0 Å². The first-order valence-corrected chi connectivity index (χ1v) is 7.74. The van der Waals surface area contributed by atoms with Crippen LogP contribution in [0.25, 0.3) is 0 Å². The lowest BCUT2D eigenvalue weighted by Gasteiger charge is -2.23. The third-order valence-electron chi connectivity index (χ3n) is 3.45. The second kappa shape index (κ2) is 7.06. The fraction of sp³-hybridized carbons (Fsp3) is 0.533. The van der Waals surface area contributed by atoms with Crippen molar-refractivity contribution >= 4 is 21.8 Å². The van der Waals surface area contributed by atoms with Crippen LogP contribution >= 0.6 is 15.9 Å². The first-order valence-electron chi connectivity index (χ1n) is 6.95. The molecule has 1 aromatic rings. The van der Waals surface area contributed by atoms with E-state index in [1.165, 1.54) is 5.56 Å². The summed E-state index contributed by atoms with van der Waals surface area (Å²) in [7, 11) is 0. The molecule has 104 valence electrons. The number of amides is 1. The van der Waals surface area contributed by atoms with E-state index in [2.05, 4.69) is 22.0 Å². The number of halogens is 1. The van der Waals surface area contributed by atoms with Gasteiger partial charge in [-0.25, -0.2) is 0 Å². The molecule has 0 radical (unpaired) electrons. The average molecular weight is 325 g/mol. The maximum atomic E-state index is 12.3. The molecule has 0 aliphatic heterocycles. The molecule has 0 spiro atoms. The number of nitrogens with zero attached hydrogens (tertiary/aromatic N) is 1. The monoisotopic (exact) mass is 324 g/mol. The van der Waals surface area contributed by atoms with Gasteiger partial charge in [0, 0.05) is 23.5 Å². The van der Waals surface area contributed by atoms with Crippen molar-refractivity contribution in [3.8, 4) is 0 Å². The Morgan fingerprint density at radius 2 is 2.05 bits per heavy atom. The van der Waals surface area contributed by atoms with Crippen LogP contribution in [-0.4, -0.2) is 23.4 Å². The van der Waals surface area contributed by atoms with Crippen molar-refractivity contribution in [2.45, 2.75) is 44.7 Å². The molecule has 1 aliphatic rings. The van der Waals surface area contributed by atoms with Crippen LogP contribution in [0.1, 0.15) is 37.7 Å². The van der Waals surface area contributed by atoms with Gasteiger partial charge in [-0.2, -0.15) is 0 Å². The molecule has 0 atom stereocenters. The molecule has 0 saturated heterocycles. The number of benzene rings is 1. The Labute approximate surface area is 123 Å². The number of nitrogens with two attached hydrogens (primary N) is 1. The van der Waals surface area contributed by atoms with Crippen molar-refractivity contribution in [3.05, 3.63) is 34.3 Å². The van der Waals surface area contributed by atoms with E-state index < -0.39 is 0 Å². The average Bonchev–Trinajstić information content (AvgIpc) is 3.22. The topological polar surface area (TPSA) is 46.3 Å². The molecule has 1 saturated carbocycles. The molecule has 3 nitrogen and oxygen atoms in total. The second-order valence-electron chi connectivity index (χ2n) is 5.09. The number of carbonyl (C=O) groups is 1. The first-order chi connectivity index (χ1) is 9.22. The highest BCUT2D eigenvalue weighted by molar-refractivity contribution is 9.10. The highest BCUT2D eigenvalue weighted by Crippen LogP contribution is 2.30. The molecule has 1 fully saturated rings. The Morgan fingerprint density at radius 3 is 2.68 bits per heavy atom. The third kappa shape index (κ3) is 4.32. The Kier molecular flexibility index (Phi) is 5.40. The van der Waals surface area contributed by atoms with Crippen LogP contribution in [0.15, 0.2) is 28.7 Å². The zero-order valence-electron chi connectivity index (χ0n) is 11.1.